The van der Waals surface area contributed by atoms with Crippen LogP contribution in [-0.4, -0.2) is 35.0 Å². The molecule has 0 aliphatic heterocycles. The molecule has 0 aromatic carbocycles. The summed E-state index contributed by atoms with van der Waals surface area (Å²) in [7, 11) is 0. The van der Waals surface area contributed by atoms with Crippen LogP contribution in [0.3, 0.4) is 0 Å². The number of anilines is 2. The van der Waals surface area contributed by atoms with Gasteiger partial charge in [0, 0.05) is 25.6 Å². The second-order valence-corrected chi connectivity index (χ2v) is 5.26. The van der Waals surface area contributed by atoms with E-state index in [1.54, 1.807) is 0 Å². The zero-order valence-corrected chi connectivity index (χ0v) is 13.7. The summed E-state index contributed by atoms with van der Waals surface area (Å²) in [6.45, 7) is 7.36. The van der Waals surface area contributed by atoms with Gasteiger partial charge in [-0.1, -0.05) is 6.92 Å². The molecule has 0 bridgehead atoms. The average Bonchev–Trinajstić information content (AvgIpc) is 2.43. The molecule has 0 fully saturated rings. The number of hydrogen-bond acceptors (Lipinski definition) is 5. The van der Waals surface area contributed by atoms with Crippen molar-refractivity contribution in [2.45, 2.75) is 39.7 Å². The zero-order chi connectivity index (χ0) is 15.0. The normalized spacial score (nSPS) is 11.8. The van der Waals surface area contributed by atoms with Gasteiger partial charge in [0.2, 0.25) is 5.91 Å². The smallest absolute Gasteiger partial charge is 0.221 e. The topological polar surface area (TPSA) is 78.9 Å². The molecule has 3 N–H and O–H groups in total. The first-order chi connectivity index (χ1) is 9.58. The molecule has 20 heavy (non-hydrogen) atoms. The number of carbonyl (C=O) groups excluding carboxylic acids is 1. The lowest BCUT2D eigenvalue weighted by Gasteiger charge is -2.13. The highest BCUT2D eigenvalue weighted by Crippen LogP contribution is 2.26. The second kappa shape index (κ2) is 8.73. The van der Waals surface area contributed by atoms with E-state index >= 15 is 0 Å². The maximum Gasteiger partial charge on any atom is 0.221 e. The molecule has 0 saturated carbocycles. The van der Waals surface area contributed by atoms with Crippen molar-refractivity contribution in [3.8, 4) is 0 Å². The molecule has 0 saturated heterocycles. The van der Waals surface area contributed by atoms with Gasteiger partial charge in [-0.05, 0) is 36.2 Å². The molecule has 1 rings (SSSR count). The molecule has 7 heteroatoms. The largest absolute Gasteiger partial charge is 0.369 e. The van der Waals surface area contributed by atoms with Crippen molar-refractivity contribution in [2.24, 2.45) is 0 Å². The number of halogens is 1. The fourth-order valence-corrected chi connectivity index (χ4v) is 2.01. The van der Waals surface area contributed by atoms with Crippen LogP contribution in [0.4, 0.5) is 11.6 Å². The third-order valence-corrected chi connectivity index (χ3v) is 3.55. The summed E-state index contributed by atoms with van der Waals surface area (Å²) in [6, 6.07) is 0.216. The molecule has 0 aliphatic carbocycles. The molecule has 1 unspecified atom stereocenters. The van der Waals surface area contributed by atoms with Gasteiger partial charge in [-0.15, -0.1) is 0 Å². The monoisotopic (exact) mass is 343 g/mol. The fraction of sp³-hybridized carbons (Fsp3) is 0.615. The van der Waals surface area contributed by atoms with Crippen LogP contribution in [0, 0.1) is 0 Å². The quantitative estimate of drug-likeness (QED) is 0.675. The van der Waals surface area contributed by atoms with E-state index in [1.165, 1.54) is 6.33 Å². The van der Waals surface area contributed by atoms with Crippen molar-refractivity contribution >= 4 is 33.5 Å². The lowest BCUT2D eigenvalue weighted by atomic mass is 10.2. The van der Waals surface area contributed by atoms with Crippen LogP contribution >= 0.6 is 15.9 Å². The number of carbonyl (C=O) groups is 1. The summed E-state index contributed by atoms with van der Waals surface area (Å²) >= 11 is 3.45. The summed E-state index contributed by atoms with van der Waals surface area (Å²) < 4.78 is 0.782. The summed E-state index contributed by atoms with van der Waals surface area (Å²) in [5.74, 6) is 1.48. The summed E-state index contributed by atoms with van der Waals surface area (Å²) in [6.07, 6.45) is 2.84. The number of nitrogens with one attached hydrogen (secondary N) is 3. The van der Waals surface area contributed by atoms with E-state index in [0.29, 0.717) is 18.8 Å². The van der Waals surface area contributed by atoms with Crippen molar-refractivity contribution < 1.29 is 4.79 Å². The lowest BCUT2D eigenvalue weighted by molar-refractivity contribution is -0.121. The first-order valence-corrected chi connectivity index (χ1v) is 7.65. The summed E-state index contributed by atoms with van der Waals surface area (Å²) in [5, 5.41) is 9.19. The Labute approximate surface area is 128 Å². The molecule has 112 valence electrons. The summed E-state index contributed by atoms with van der Waals surface area (Å²) in [5.41, 5.74) is 0. The molecule has 1 aromatic rings. The van der Waals surface area contributed by atoms with Gasteiger partial charge >= 0.3 is 0 Å². The number of hydrogen-bond donors (Lipinski definition) is 3. The Bertz CT molecular complexity index is 441. The van der Waals surface area contributed by atoms with Gasteiger partial charge in [0.1, 0.15) is 22.4 Å². The molecule has 1 amide bonds. The number of nitrogens with zero attached hydrogens (tertiary/aromatic N) is 2. The number of rotatable bonds is 8. The minimum absolute atomic E-state index is 0.0453. The molecule has 1 heterocycles. The lowest BCUT2D eigenvalue weighted by Crippen LogP contribution is -2.33. The minimum atomic E-state index is 0.0453. The third-order valence-electron chi connectivity index (χ3n) is 2.80. The van der Waals surface area contributed by atoms with Crippen LogP contribution in [0.25, 0.3) is 0 Å². The highest BCUT2D eigenvalue weighted by molar-refractivity contribution is 9.10. The standard InChI is InChI=1S/C13H22BrN5O/c1-4-9(3)19-10(20)6-7-16-13-11(14)12(15-5-2)17-8-18-13/h8-9H,4-7H2,1-3H3,(H,19,20)(H2,15,16,17,18). The Balaban J connectivity index is 2.46. The van der Waals surface area contributed by atoms with Crippen LogP contribution in [0.2, 0.25) is 0 Å². The zero-order valence-electron chi connectivity index (χ0n) is 12.2. The predicted molar refractivity (Wildman–Crippen MR) is 84.9 cm³/mol. The van der Waals surface area contributed by atoms with Crippen LogP contribution in [-0.2, 0) is 4.79 Å². The number of amides is 1. The van der Waals surface area contributed by atoms with Gasteiger partial charge in [0.05, 0.1) is 0 Å². The molecule has 0 aliphatic rings. The van der Waals surface area contributed by atoms with E-state index in [9.17, 15) is 4.79 Å². The van der Waals surface area contributed by atoms with E-state index in [-0.39, 0.29) is 11.9 Å². The molecular formula is C13H22BrN5O. The van der Waals surface area contributed by atoms with Gasteiger partial charge in [-0.2, -0.15) is 0 Å². The molecular weight excluding hydrogens is 322 g/mol. The van der Waals surface area contributed by atoms with E-state index in [0.717, 1.165) is 23.3 Å². The Hall–Kier alpha value is -1.37. The first kappa shape index (κ1) is 16.7. The van der Waals surface area contributed by atoms with E-state index in [4.69, 9.17) is 0 Å². The van der Waals surface area contributed by atoms with Crippen molar-refractivity contribution in [3.63, 3.8) is 0 Å². The molecule has 6 nitrogen and oxygen atoms in total. The molecule has 0 radical (unpaired) electrons. The first-order valence-electron chi connectivity index (χ1n) is 6.86. The van der Waals surface area contributed by atoms with Gasteiger partial charge < -0.3 is 16.0 Å². The van der Waals surface area contributed by atoms with Crippen molar-refractivity contribution in [1.82, 2.24) is 15.3 Å². The molecule has 1 atom stereocenters. The van der Waals surface area contributed by atoms with E-state index in [2.05, 4.69) is 41.8 Å². The Morgan fingerprint density at radius 1 is 1.30 bits per heavy atom. The SMILES string of the molecule is CCNc1ncnc(NCCC(=O)NC(C)CC)c1Br. The van der Waals surface area contributed by atoms with Crippen molar-refractivity contribution in [1.29, 1.82) is 0 Å². The van der Waals surface area contributed by atoms with Crippen LogP contribution < -0.4 is 16.0 Å². The second-order valence-electron chi connectivity index (χ2n) is 4.47. The highest BCUT2D eigenvalue weighted by atomic mass is 79.9. The Morgan fingerprint density at radius 2 is 1.95 bits per heavy atom. The van der Waals surface area contributed by atoms with Crippen molar-refractivity contribution in [2.75, 3.05) is 23.7 Å². The van der Waals surface area contributed by atoms with Crippen LogP contribution in [0.1, 0.15) is 33.6 Å². The highest BCUT2D eigenvalue weighted by Gasteiger charge is 2.09. The predicted octanol–water partition coefficient (Wildman–Crippen LogP) is 2.39. The fourth-order valence-electron chi connectivity index (χ4n) is 1.53. The average molecular weight is 344 g/mol. The summed E-state index contributed by atoms with van der Waals surface area (Å²) in [4.78, 5) is 19.9. The van der Waals surface area contributed by atoms with Crippen molar-refractivity contribution in [3.05, 3.63) is 10.8 Å². The van der Waals surface area contributed by atoms with E-state index < -0.39 is 0 Å². The van der Waals surface area contributed by atoms with Gasteiger partial charge in [0.25, 0.3) is 0 Å². The van der Waals surface area contributed by atoms with Crippen LogP contribution in [0.15, 0.2) is 10.8 Å². The van der Waals surface area contributed by atoms with E-state index in [1.807, 2.05) is 20.8 Å². The van der Waals surface area contributed by atoms with Gasteiger partial charge in [-0.25, -0.2) is 9.97 Å². The molecule has 0 spiro atoms. The van der Waals surface area contributed by atoms with Gasteiger partial charge in [-0.3, -0.25) is 4.79 Å². The van der Waals surface area contributed by atoms with Gasteiger partial charge in [0.15, 0.2) is 0 Å². The third kappa shape index (κ3) is 5.32. The molecule has 1 aromatic heterocycles. The Kier molecular flexibility index (Phi) is 7.28. The number of aromatic nitrogens is 2. The van der Waals surface area contributed by atoms with Crippen LogP contribution in [0.5, 0.6) is 0 Å². The maximum absolute atomic E-state index is 11.6. The Morgan fingerprint density at radius 3 is 2.55 bits per heavy atom. The maximum atomic E-state index is 11.6. The minimum Gasteiger partial charge on any atom is -0.369 e.